The molecule has 0 bridgehead atoms. The van der Waals surface area contributed by atoms with Gasteiger partial charge in [-0.1, -0.05) is 164 Å². The van der Waals surface area contributed by atoms with Crippen molar-refractivity contribution >= 4 is 49.8 Å². The molecule has 0 aliphatic heterocycles. The maximum Gasteiger partial charge on any atom is 0.136 e. The number of fused-ring (bicyclic) bond motifs is 4. The predicted molar refractivity (Wildman–Crippen MR) is 228 cm³/mol. The third-order valence-electron chi connectivity index (χ3n) is 10.5. The Balaban J connectivity index is 1.09. The van der Waals surface area contributed by atoms with Crippen LogP contribution in [0.4, 0.5) is 17.1 Å². The van der Waals surface area contributed by atoms with Crippen LogP contribution in [0.15, 0.2) is 217 Å². The third kappa shape index (κ3) is 5.71. The molecule has 0 aliphatic rings. The molecule has 254 valence electrons. The van der Waals surface area contributed by atoms with Gasteiger partial charge in [0.1, 0.15) is 11.2 Å². The minimum Gasteiger partial charge on any atom is -0.456 e. The molecule has 1 heterocycles. The second-order valence-corrected chi connectivity index (χ2v) is 13.7. The van der Waals surface area contributed by atoms with E-state index in [1.807, 2.05) is 12.1 Å². The molecule has 2 heteroatoms. The molecular formula is C52H35NO. The second-order valence-electron chi connectivity index (χ2n) is 13.7. The van der Waals surface area contributed by atoms with Gasteiger partial charge in [0.25, 0.3) is 0 Å². The highest BCUT2D eigenvalue weighted by Crippen LogP contribution is 2.43. The van der Waals surface area contributed by atoms with Crippen LogP contribution in [-0.2, 0) is 0 Å². The van der Waals surface area contributed by atoms with Gasteiger partial charge in [0.05, 0.1) is 5.69 Å². The van der Waals surface area contributed by atoms with E-state index in [9.17, 15) is 0 Å². The van der Waals surface area contributed by atoms with Crippen LogP contribution in [0.25, 0.3) is 77.2 Å². The van der Waals surface area contributed by atoms with E-state index in [2.05, 4.69) is 205 Å². The van der Waals surface area contributed by atoms with Crippen molar-refractivity contribution < 1.29 is 4.42 Å². The van der Waals surface area contributed by atoms with Crippen LogP contribution in [0.1, 0.15) is 0 Å². The van der Waals surface area contributed by atoms with E-state index in [1.54, 1.807) is 0 Å². The van der Waals surface area contributed by atoms with Gasteiger partial charge in [0.2, 0.25) is 0 Å². The summed E-state index contributed by atoms with van der Waals surface area (Å²) in [5.74, 6) is 0. The molecule has 10 aromatic rings. The second kappa shape index (κ2) is 13.4. The summed E-state index contributed by atoms with van der Waals surface area (Å²) in [7, 11) is 0. The maximum atomic E-state index is 6.25. The number of hydrogen-bond donors (Lipinski definition) is 0. The summed E-state index contributed by atoms with van der Waals surface area (Å²) in [4.78, 5) is 2.39. The molecule has 0 saturated heterocycles. The molecule has 2 nitrogen and oxygen atoms in total. The van der Waals surface area contributed by atoms with Crippen molar-refractivity contribution in [2.45, 2.75) is 0 Å². The van der Waals surface area contributed by atoms with E-state index in [0.717, 1.165) is 61.3 Å². The van der Waals surface area contributed by atoms with Crippen molar-refractivity contribution in [2.24, 2.45) is 0 Å². The van der Waals surface area contributed by atoms with Gasteiger partial charge in [0, 0.05) is 27.7 Å². The molecule has 9 aromatic carbocycles. The molecule has 0 N–H and O–H groups in total. The minimum atomic E-state index is 0.900. The highest BCUT2D eigenvalue weighted by Gasteiger charge is 2.19. The van der Waals surface area contributed by atoms with E-state index >= 15 is 0 Å². The zero-order valence-electron chi connectivity index (χ0n) is 29.6. The smallest absolute Gasteiger partial charge is 0.136 e. The van der Waals surface area contributed by atoms with Crippen molar-refractivity contribution in [1.29, 1.82) is 0 Å². The summed E-state index contributed by atoms with van der Waals surface area (Å²) in [5, 5.41) is 4.76. The molecule has 0 amide bonds. The number of benzene rings is 9. The van der Waals surface area contributed by atoms with Crippen molar-refractivity contribution in [2.75, 3.05) is 4.90 Å². The van der Waals surface area contributed by atoms with E-state index in [0.29, 0.717) is 0 Å². The Kier molecular flexibility index (Phi) is 7.85. The van der Waals surface area contributed by atoms with Crippen LogP contribution in [0.2, 0.25) is 0 Å². The van der Waals surface area contributed by atoms with Gasteiger partial charge in [-0.3, -0.25) is 0 Å². The molecular weight excluding hydrogens is 655 g/mol. The SMILES string of the molecule is c1ccc(-c2ccc(-c3ccccc3N(c3ccc(-c4ccc5c(c4)oc4ccccc45)cc3)c3cccc(-c4cccc5ccccc45)c3)cc2)cc1. The summed E-state index contributed by atoms with van der Waals surface area (Å²) in [6, 6.07) is 76.0. The number of furan rings is 1. The Morgan fingerprint density at radius 1 is 0.296 bits per heavy atom. The van der Waals surface area contributed by atoms with Gasteiger partial charge >= 0.3 is 0 Å². The molecule has 54 heavy (non-hydrogen) atoms. The highest BCUT2D eigenvalue weighted by atomic mass is 16.3. The first-order valence-electron chi connectivity index (χ1n) is 18.4. The highest BCUT2D eigenvalue weighted by molar-refractivity contribution is 6.06. The quantitative estimate of drug-likeness (QED) is 0.166. The molecule has 0 saturated carbocycles. The van der Waals surface area contributed by atoms with Gasteiger partial charge in [-0.15, -0.1) is 0 Å². The fraction of sp³-hybridized carbons (Fsp3) is 0. The number of hydrogen-bond acceptors (Lipinski definition) is 2. The van der Waals surface area contributed by atoms with Crippen LogP contribution in [0.5, 0.6) is 0 Å². The number of anilines is 3. The largest absolute Gasteiger partial charge is 0.456 e. The van der Waals surface area contributed by atoms with Crippen molar-refractivity contribution in [3.63, 3.8) is 0 Å². The molecule has 0 unspecified atom stereocenters. The average molecular weight is 690 g/mol. The monoisotopic (exact) mass is 689 g/mol. The lowest BCUT2D eigenvalue weighted by atomic mass is 9.96. The Morgan fingerprint density at radius 2 is 0.870 bits per heavy atom. The van der Waals surface area contributed by atoms with Gasteiger partial charge in [-0.2, -0.15) is 0 Å². The lowest BCUT2D eigenvalue weighted by Crippen LogP contribution is -2.11. The Hall–Kier alpha value is -7.16. The molecule has 0 aliphatic carbocycles. The van der Waals surface area contributed by atoms with Crippen LogP contribution >= 0.6 is 0 Å². The van der Waals surface area contributed by atoms with E-state index in [4.69, 9.17) is 4.42 Å². The molecule has 0 radical (unpaired) electrons. The maximum absolute atomic E-state index is 6.25. The lowest BCUT2D eigenvalue weighted by Gasteiger charge is -2.28. The molecule has 1 aromatic heterocycles. The van der Waals surface area contributed by atoms with Crippen molar-refractivity contribution in [3.05, 3.63) is 212 Å². The van der Waals surface area contributed by atoms with Crippen LogP contribution in [-0.4, -0.2) is 0 Å². The first kappa shape index (κ1) is 31.6. The number of nitrogens with zero attached hydrogens (tertiary/aromatic N) is 1. The lowest BCUT2D eigenvalue weighted by molar-refractivity contribution is 0.669. The zero-order valence-corrected chi connectivity index (χ0v) is 29.6. The average Bonchev–Trinajstić information content (AvgIpc) is 3.63. The molecule has 10 rings (SSSR count). The summed E-state index contributed by atoms with van der Waals surface area (Å²) in [6.07, 6.45) is 0. The van der Waals surface area contributed by atoms with Crippen molar-refractivity contribution in [1.82, 2.24) is 0 Å². The first-order chi connectivity index (χ1) is 26.8. The summed E-state index contributed by atoms with van der Waals surface area (Å²) in [5.41, 5.74) is 14.5. The summed E-state index contributed by atoms with van der Waals surface area (Å²) in [6.45, 7) is 0. The van der Waals surface area contributed by atoms with Gasteiger partial charge in [0.15, 0.2) is 0 Å². The fourth-order valence-electron chi connectivity index (χ4n) is 7.81. The third-order valence-corrected chi connectivity index (χ3v) is 10.5. The van der Waals surface area contributed by atoms with Gasteiger partial charge in [-0.05, 0) is 98.2 Å². The minimum absolute atomic E-state index is 0.900. The topological polar surface area (TPSA) is 16.4 Å². The number of rotatable bonds is 7. The fourth-order valence-corrected chi connectivity index (χ4v) is 7.81. The zero-order chi connectivity index (χ0) is 35.8. The predicted octanol–water partition coefficient (Wildman–Crippen LogP) is 14.9. The Morgan fingerprint density at radius 3 is 1.74 bits per heavy atom. The standard InChI is InChI=1S/C52H35NO/c1-2-12-36(13-3-1)37-24-26-40(27-25-37)47-19-6-8-22-50(47)53(44-17-10-16-42(34-44)46-21-11-15-39-14-4-5-18-45(39)46)43-31-28-38(29-32-43)41-30-33-49-48-20-7-9-23-51(48)54-52(49)35-41/h1-35H. The Bertz CT molecular complexity index is 2920. The van der Waals surface area contributed by atoms with E-state index in [1.165, 1.54) is 33.0 Å². The summed E-state index contributed by atoms with van der Waals surface area (Å²) >= 11 is 0. The van der Waals surface area contributed by atoms with Crippen LogP contribution < -0.4 is 4.90 Å². The van der Waals surface area contributed by atoms with Crippen LogP contribution in [0.3, 0.4) is 0 Å². The van der Waals surface area contributed by atoms with Crippen LogP contribution in [0, 0.1) is 0 Å². The normalized spacial score (nSPS) is 11.3. The molecule has 0 spiro atoms. The molecule has 0 fully saturated rings. The summed E-state index contributed by atoms with van der Waals surface area (Å²) < 4.78 is 6.25. The number of para-hydroxylation sites is 2. The molecule has 0 atom stereocenters. The Labute approximate surface area is 314 Å². The van der Waals surface area contributed by atoms with E-state index < -0.39 is 0 Å². The van der Waals surface area contributed by atoms with Gasteiger partial charge < -0.3 is 9.32 Å². The van der Waals surface area contributed by atoms with E-state index in [-0.39, 0.29) is 0 Å². The van der Waals surface area contributed by atoms with Crippen molar-refractivity contribution in [3.8, 4) is 44.5 Å². The van der Waals surface area contributed by atoms with Gasteiger partial charge in [-0.25, -0.2) is 0 Å². The first-order valence-corrected chi connectivity index (χ1v) is 18.4.